The van der Waals surface area contributed by atoms with Crippen LogP contribution in [0.2, 0.25) is 0 Å². The SMILES string of the molecule is O=C(OCC1c2ccccc2-c2ccccc21)N1C(c2cccc(C3=N[C@H](c4ccccc4)[C@@H](c4ccccc4)N3C(=O)OCC3c4ccccc4-c4ccccc43)n2)=N[C@H](c2ccccc2)[C@H]1c1ccccc1. The van der Waals surface area contributed by atoms with E-state index in [1.165, 1.54) is 0 Å². The van der Waals surface area contributed by atoms with E-state index in [0.717, 1.165) is 66.8 Å². The minimum atomic E-state index is -0.583. The predicted molar refractivity (Wildman–Crippen MR) is 288 cm³/mol. The van der Waals surface area contributed by atoms with Crippen LogP contribution in [0.25, 0.3) is 22.3 Å². The van der Waals surface area contributed by atoms with Gasteiger partial charge < -0.3 is 9.47 Å². The molecule has 9 heteroatoms. The van der Waals surface area contributed by atoms with Gasteiger partial charge in [0.1, 0.15) is 36.7 Å². The van der Waals surface area contributed by atoms with Crippen molar-refractivity contribution >= 4 is 23.9 Å². The van der Waals surface area contributed by atoms with Gasteiger partial charge in [-0.15, -0.1) is 0 Å². The molecule has 0 N–H and O–H groups in total. The summed E-state index contributed by atoms with van der Waals surface area (Å²) < 4.78 is 13.0. The van der Waals surface area contributed by atoms with Crippen LogP contribution >= 0.6 is 0 Å². The molecule has 74 heavy (non-hydrogen) atoms. The highest BCUT2D eigenvalue weighted by atomic mass is 16.6. The Morgan fingerprint density at radius 1 is 0.351 bits per heavy atom. The number of carbonyl (C=O) groups excluding carboxylic acids is 2. The zero-order chi connectivity index (χ0) is 49.5. The molecule has 4 aliphatic rings. The van der Waals surface area contributed by atoms with Crippen LogP contribution in [-0.4, -0.2) is 51.9 Å². The highest BCUT2D eigenvalue weighted by molar-refractivity contribution is 6.10. The summed E-state index contributed by atoms with van der Waals surface area (Å²) in [6, 6.07) is 76.8. The topological polar surface area (TPSA) is 96.7 Å². The summed E-state index contributed by atoms with van der Waals surface area (Å²) in [6.45, 7) is 0.241. The second kappa shape index (κ2) is 19.1. The number of hydrogen-bond acceptors (Lipinski definition) is 7. The van der Waals surface area contributed by atoms with E-state index in [2.05, 4.69) is 48.5 Å². The fourth-order valence-corrected chi connectivity index (χ4v) is 11.6. The molecule has 358 valence electrons. The van der Waals surface area contributed by atoms with Crippen molar-refractivity contribution in [1.82, 2.24) is 14.8 Å². The summed E-state index contributed by atoms with van der Waals surface area (Å²) in [5.74, 6) is 0.375. The Morgan fingerprint density at radius 3 is 0.986 bits per heavy atom. The monoisotopic (exact) mass is 963 g/mol. The molecule has 3 heterocycles. The summed E-state index contributed by atoms with van der Waals surface area (Å²) in [5, 5.41) is 0. The number of carbonyl (C=O) groups is 2. The standard InChI is InChI=1S/C65H49N5O4/c71-64(73-40-54-50-34-17-13-30-46(50)47-31-14-18-35-51(47)54)69-60(44-26-9-3-10-27-44)58(42-22-5-1-6-23-42)67-62(69)56-38-21-39-57(66-56)63-68-59(43-24-7-2-8-25-43)61(45-28-11-4-12-29-45)70(63)65(72)74-41-55-52-36-19-15-32-48(52)49-33-16-20-37-53(49)55/h1-39,54-55,58-61H,40-41H2/t58-,59-,60-,61-/m1/s1. The van der Waals surface area contributed by atoms with Crippen molar-refractivity contribution in [1.29, 1.82) is 0 Å². The van der Waals surface area contributed by atoms with Gasteiger partial charge in [0.05, 0.1) is 12.1 Å². The maximum Gasteiger partial charge on any atom is 0.416 e. The van der Waals surface area contributed by atoms with E-state index in [0.29, 0.717) is 23.1 Å². The molecule has 0 fully saturated rings. The van der Waals surface area contributed by atoms with Gasteiger partial charge in [-0.3, -0.25) is 9.98 Å². The largest absolute Gasteiger partial charge is 0.448 e. The molecule has 2 amide bonds. The molecule has 0 unspecified atom stereocenters. The lowest BCUT2D eigenvalue weighted by atomic mass is 9.94. The van der Waals surface area contributed by atoms with Crippen LogP contribution in [0, 0.1) is 0 Å². The summed E-state index contributed by atoms with van der Waals surface area (Å²) in [4.78, 5) is 50.1. The average molecular weight is 964 g/mol. The van der Waals surface area contributed by atoms with E-state index in [-0.39, 0.29) is 25.0 Å². The van der Waals surface area contributed by atoms with Gasteiger partial charge >= 0.3 is 12.2 Å². The fraction of sp³-hybridized carbons (Fsp3) is 0.123. The van der Waals surface area contributed by atoms with E-state index in [9.17, 15) is 0 Å². The van der Waals surface area contributed by atoms with Crippen molar-refractivity contribution in [3.63, 3.8) is 0 Å². The maximum absolute atomic E-state index is 15.3. The highest BCUT2D eigenvalue weighted by Crippen LogP contribution is 2.49. The van der Waals surface area contributed by atoms with Crippen LogP contribution < -0.4 is 0 Å². The third-order valence-corrected chi connectivity index (χ3v) is 15.0. The molecule has 0 bridgehead atoms. The second-order valence-corrected chi connectivity index (χ2v) is 19.1. The zero-order valence-corrected chi connectivity index (χ0v) is 40.3. The van der Waals surface area contributed by atoms with Gasteiger partial charge in [0.15, 0.2) is 11.7 Å². The Morgan fingerprint density at radius 2 is 0.649 bits per heavy atom. The second-order valence-electron chi connectivity index (χ2n) is 19.1. The Balaban J connectivity index is 0.901. The quantitative estimate of drug-likeness (QED) is 0.136. The van der Waals surface area contributed by atoms with Gasteiger partial charge in [0.2, 0.25) is 0 Å². The molecule has 0 spiro atoms. The van der Waals surface area contributed by atoms with Crippen LogP contribution in [0.1, 0.15) is 91.9 Å². The predicted octanol–water partition coefficient (Wildman–Crippen LogP) is 14.1. The number of amides is 2. The molecule has 0 saturated carbocycles. The number of aromatic nitrogens is 1. The molecule has 4 atom stereocenters. The van der Waals surface area contributed by atoms with Crippen molar-refractivity contribution in [3.05, 3.63) is 292 Å². The maximum atomic E-state index is 15.3. The summed E-state index contributed by atoms with van der Waals surface area (Å²) in [6.07, 6.45) is -1.09. The number of rotatable bonds is 10. The van der Waals surface area contributed by atoms with E-state index in [1.807, 2.05) is 188 Å². The highest BCUT2D eigenvalue weighted by Gasteiger charge is 2.47. The van der Waals surface area contributed by atoms with Crippen molar-refractivity contribution in [2.45, 2.75) is 36.0 Å². The number of benzene rings is 8. The lowest BCUT2D eigenvalue weighted by Gasteiger charge is -2.30. The lowest BCUT2D eigenvalue weighted by Crippen LogP contribution is -2.40. The van der Waals surface area contributed by atoms with Gasteiger partial charge in [0.25, 0.3) is 0 Å². The molecule has 8 aromatic carbocycles. The number of pyridine rings is 1. The normalized spacial score (nSPS) is 18.5. The summed E-state index contributed by atoms with van der Waals surface area (Å²) in [7, 11) is 0. The number of ether oxygens (including phenoxy) is 2. The van der Waals surface area contributed by atoms with Crippen LogP contribution in [0.3, 0.4) is 0 Å². The Labute approximate surface area is 429 Å². The summed E-state index contributed by atoms with van der Waals surface area (Å²) in [5.41, 5.74) is 13.5. The smallest absolute Gasteiger partial charge is 0.416 e. The molecule has 1 aromatic heterocycles. The van der Waals surface area contributed by atoms with Gasteiger partial charge in [-0.1, -0.05) is 224 Å². The lowest BCUT2D eigenvalue weighted by molar-refractivity contribution is 0.109. The van der Waals surface area contributed by atoms with E-state index < -0.39 is 36.4 Å². The van der Waals surface area contributed by atoms with Crippen LogP contribution in [-0.2, 0) is 9.47 Å². The third-order valence-electron chi connectivity index (χ3n) is 15.0. The molecule has 9 nitrogen and oxygen atoms in total. The van der Waals surface area contributed by atoms with E-state index in [4.69, 9.17) is 24.4 Å². The van der Waals surface area contributed by atoms with Crippen LogP contribution in [0.5, 0.6) is 0 Å². The van der Waals surface area contributed by atoms with Crippen molar-refractivity contribution in [2.24, 2.45) is 9.98 Å². The first-order valence-electron chi connectivity index (χ1n) is 25.2. The molecular weight excluding hydrogens is 915 g/mol. The number of fused-ring (bicyclic) bond motifs is 6. The van der Waals surface area contributed by atoms with Gasteiger partial charge in [-0.05, 0) is 78.9 Å². The van der Waals surface area contributed by atoms with Crippen molar-refractivity contribution < 1.29 is 19.1 Å². The molecule has 2 aliphatic heterocycles. The first-order chi connectivity index (χ1) is 36.6. The molecule has 9 aromatic rings. The minimum Gasteiger partial charge on any atom is -0.448 e. The molecule has 2 aliphatic carbocycles. The number of nitrogens with zero attached hydrogens (tertiary/aromatic N) is 5. The van der Waals surface area contributed by atoms with Gasteiger partial charge in [0, 0.05) is 11.8 Å². The molecule has 13 rings (SSSR count). The first kappa shape index (κ1) is 44.7. The number of amidine groups is 2. The number of hydrogen-bond donors (Lipinski definition) is 0. The van der Waals surface area contributed by atoms with Crippen molar-refractivity contribution in [3.8, 4) is 22.3 Å². The first-order valence-corrected chi connectivity index (χ1v) is 25.2. The van der Waals surface area contributed by atoms with Gasteiger partial charge in [-0.25, -0.2) is 24.4 Å². The Kier molecular flexibility index (Phi) is 11.5. The zero-order valence-electron chi connectivity index (χ0n) is 40.3. The Hall–Kier alpha value is -9.21. The minimum absolute atomic E-state index is 0.120. The van der Waals surface area contributed by atoms with Crippen LogP contribution in [0.4, 0.5) is 9.59 Å². The Bertz CT molecular complexity index is 3300. The fourth-order valence-electron chi connectivity index (χ4n) is 11.6. The average Bonchev–Trinajstić information content (AvgIpc) is 4.24. The van der Waals surface area contributed by atoms with Crippen molar-refractivity contribution in [2.75, 3.05) is 13.2 Å². The molecule has 0 saturated heterocycles. The molecular formula is C65H49N5O4. The summed E-state index contributed by atoms with van der Waals surface area (Å²) >= 11 is 0. The van der Waals surface area contributed by atoms with Gasteiger partial charge in [-0.2, -0.15) is 0 Å². The van der Waals surface area contributed by atoms with Crippen LogP contribution in [0.15, 0.2) is 247 Å². The number of aliphatic imine (C=N–C) groups is 2. The van der Waals surface area contributed by atoms with E-state index >= 15 is 9.59 Å². The molecule has 0 radical (unpaired) electrons. The van der Waals surface area contributed by atoms with E-state index in [1.54, 1.807) is 9.80 Å². The third kappa shape index (κ3) is 7.85.